The Hall–Kier alpha value is -2.25. The summed E-state index contributed by atoms with van der Waals surface area (Å²) in [5, 5.41) is 8.17. The van der Waals surface area contributed by atoms with Crippen LogP contribution in [0, 0.1) is 5.92 Å². The van der Waals surface area contributed by atoms with E-state index in [2.05, 4.69) is 15.6 Å². The average molecular weight is 344 g/mol. The van der Waals surface area contributed by atoms with E-state index in [1.807, 2.05) is 29.6 Å². The van der Waals surface area contributed by atoms with Crippen LogP contribution in [0.15, 0.2) is 29.6 Å². The molecule has 24 heavy (non-hydrogen) atoms. The number of carbonyl (C=O) groups excluding carboxylic acids is 2. The first-order valence-corrected chi connectivity index (χ1v) is 8.90. The molecule has 1 aromatic carbocycles. The van der Waals surface area contributed by atoms with Crippen molar-refractivity contribution in [3.05, 3.63) is 29.6 Å². The first-order chi connectivity index (χ1) is 11.7. The van der Waals surface area contributed by atoms with Crippen molar-refractivity contribution in [2.45, 2.75) is 25.7 Å². The van der Waals surface area contributed by atoms with Crippen LogP contribution >= 0.6 is 11.3 Å². The first-order valence-electron chi connectivity index (χ1n) is 8.02. The van der Waals surface area contributed by atoms with Crippen molar-refractivity contribution in [2.24, 2.45) is 11.7 Å². The Balaban J connectivity index is 1.60. The van der Waals surface area contributed by atoms with E-state index in [4.69, 9.17) is 5.73 Å². The minimum Gasteiger partial charge on any atom is -0.330 e. The lowest BCUT2D eigenvalue weighted by atomic mass is 10.1. The Morgan fingerprint density at radius 1 is 1.21 bits per heavy atom. The maximum absolute atomic E-state index is 11.7. The molecule has 0 bridgehead atoms. The van der Waals surface area contributed by atoms with E-state index in [9.17, 15) is 9.59 Å². The molecule has 126 valence electrons. The molecule has 1 saturated carbocycles. The van der Waals surface area contributed by atoms with Gasteiger partial charge in [0.1, 0.15) is 0 Å². The van der Waals surface area contributed by atoms with Crippen LogP contribution in [0.25, 0.3) is 11.3 Å². The van der Waals surface area contributed by atoms with Gasteiger partial charge in [0.2, 0.25) is 11.8 Å². The minimum atomic E-state index is -0.0699. The quantitative estimate of drug-likeness (QED) is 0.719. The van der Waals surface area contributed by atoms with Crippen LogP contribution in [-0.2, 0) is 9.59 Å². The van der Waals surface area contributed by atoms with Gasteiger partial charge in [-0.25, -0.2) is 4.98 Å². The molecule has 2 aromatic rings. The van der Waals surface area contributed by atoms with Gasteiger partial charge >= 0.3 is 0 Å². The summed E-state index contributed by atoms with van der Waals surface area (Å²) in [4.78, 5) is 27.9. The number of nitrogens with two attached hydrogens (primary N) is 1. The monoisotopic (exact) mass is 344 g/mol. The third-order valence-electron chi connectivity index (χ3n) is 3.75. The van der Waals surface area contributed by atoms with Gasteiger partial charge in [-0.1, -0.05) is 12.1 Å². The number of thiazole rings is 1. The Morgan fingerprint density at radius 2 is 1.96 bits per heavy atom. The van der Waals surface area contributed by atoms with Gasteiger partial charge in [0.05, 0.1) is 5.69 Å². The van der Waals surface area contributed by atoms with Crippen LogP contribution in [0.2, 0.25) is 0 Å². The van der Waals surface area contributed by atoms with E-state index >= 15 is 0 Å². The Morgan fingerprint density at radius 3 is 2.62 bits per heavy atom. The maximum Gasteiger partial charge on any atom is 0.227 e. The van der Waals surface area contributed by atoms with Crippen molar-refractivity contribution >= 4 is 34.0 Å². The van der Waals surface area contributed by atoms with E-state index < -0.39 is 0 Å². The van der Waals surface area contributed by atoms with Crippen LogP contribution < -0.4 is 16.4 Å². The molecule has 1 fully saturated rings. The normalized spacial score (nSPS) is 13.5. The summed E-state index contributed by atoms with van der Waals surface area (Å²) < 4.78 is 0. The molecule has 6 nitrogen and oxygen atoms in total. The number of aromatic nitrogens is 1. The fourth-order valence-corrected chi connectivity index (χ4v) is 2.96. The number of benzene rings is 1. The molecule has 7 heteroatoms. The van der Waals surface area contributed by atoms with E-state index in [0.29, 0.717) is 24.5 Å². The molecule has 2 amide bonds. The molecule has 0 atom stereocenters. The molecule has 1 aliphatic carbocycles. The summed E-state index contributed by atoms with van der Waals surface area (Å²) >= 11 is 1.39. The van der Waals surface area contributed by atoms with Gasteiger partial charge in [-0.05, 0) is 37.9 Å². The SMILES string of the molecule is NCCCC(=O)Nc1nc(-c2ccc(NC(=O)C3CC3)cc2)cs1. The number of nitrogens with one attached hydrogen (secondary N) is 2. The number of carbonyl (C=O) groups is 2. The fourth-order valence-electron chi connectivity index (χ4n) is 2.22. The third kappa shape index (κ3) is 4.39. The zero-order chi connectivity index (χ0) is 16.9. The third-order valence-corrected chi connectivity index (χ3v) is 4.51. The van der Waals surface area contributed by atoms with Crippen LogP contribution in [0.1, 0.15) is 25.7 Å². The lowest BCUT2D eigenvalue weighted by Gasteiger charge is -2.05. The molecule has 4 N–H and O–H groups in total. The largest absolute Gasteiger partial charge is 0.330 e. The summed E-state index contributed by atoms with van der Waals surface area (Å²) in [5.74, 6) is 0.215. The smallest absolute Gasteiger partial charge is 0.227 e. The lowest BCUT2D eigenvalue weighted by molar-refractivity contribution is -0.117. The Labute approximate surface area is 144 Å². The first kappa shape index (κ1) is 16.6. The van der Waals surface area contributed by atoms with Crippen molar-refractivity contribution in [1.29, 1.82) is 0 Å². The van der Waals surface area contributed by atoms with Crippen molar-refractivity contribution in [1.82, 2.24) is 4.98 Å². The highest BCUT2D eigenvalue weighted by atomic mass is 32.1. The molecule has 0 radical (unpaired) electrons. The summed E-state index contributed by atoms with van der Waals surface area (Å²) in [7, 11) is 0. The van der Waals surface area contributed by atoms with Crippen molar-refractivity contribution < 1.29 is 9.59 Å². The summed E-state index contributed by atoms with van der Waals surface area (Å²) in [6.45, 7) is 0.500. The van der Waals surface area contributed by atoms with Crippen LogP contribution in [0.4, 0.5) is 10.8 Å². The molecule has 3 rings (SSSR count). The highest BCUT2D eigenvalue weighted by Crippen LogP contribution is 2.31. The molecule has 0 saturated heterocycles. The minimum absolute atomic E-state index is 0.0699. The zero-order valence-electron chi connectivity index (χ0n) is 13.2. The molecule has 1 aliphatic rings. The summed E-state index contributed by atoms with van der Waals surface area (Å²) in [6, 6.07) is 7.57. The standard InChI is InChI=1S/C17H20N4O2S/c18-9-1-2-15(22)21-17-20-14(10-24-17)11-5-7-13(8-6-11)19-16(23)12-3-4-12/h5-8,10,12H,1-4,9,18H2,(H,19,23)(H,20,21,22). The predicted octanol–water partition coefficient (Wildman–Crippen LogP) is 2.84. The van der Waals surface area contributed by atoms with Crippen molar-refractivity contribution in [3.8, 4) is 11.3 Å². The summed E-state index contributed by atoms with van der Waals surface area (Å²) in [6.07, 6.45) is 3.05. The van der Waals surface area contributed by atoms with Crippen LogP contribution in [-0.4, -0.2) is 23.3 Å². The molecule has 1 aromatic heterocycles. The lowest BCUT2D eigenvalue weighted by Crippen LogP contribution is -2.13. The average Bonchev–Trinajstić information content (AvgIpc) is 3.34. The number of rotatable bonds is 7. The van der Waals surface area contributed by atoms with Crippen LogP contribution in [0.5, 0.6) is 0 Å². The number of anilines is 2. The van der Waals surface area contributed by atoms with Gasteiger partial charge < -0.3 is 16.4 Å². The number of amides is 2. The predicted molar refractivity (Wildman–Crippen MR) is 95.8 cm³/mol. The molecular weight excluding hydrogens is 324 g/mol. The Bertz CT molecular complexity index is 722. The molecule has 0 unspecified atom stereocenters. The molecule has 1 heterocycles. The zero-order valence-corrected chi connectivity index (χ0v) is 14.1. The van der Waals surface area contributed by atoms with Gasteiger partial charge in [0.15, 0.2) is 5.13 Å². The van der Waals surface area contributed by atoms with Gasteiger partial charge in [-0.15, -0.1) is 11.3 Å². The van der Waals surface area contributed by atoms with Gasteiger partial charge in [-0.3, -0.25) is 9.59 Å². The van der Waals surface area contributed by atoms with Gasteiger partial charge in [0.25, 0.3) is 0 Å². The van der Waals surface area contributed by atoms with E-state index in [0.717, 1.165) is 29.8 Å². The van der Waals surface area contributed by atoms with Crippen LogP contribution in [0.3, 0.4) is 0 Å². The topological polar surface area (TPSA) is 97.1 Å². The van der Waals surface area contributed by atoms with Crippen molar-refractivity contribution in [2.75, 3.05) is 17.2 Å². The number of hydrogen-bond acceptors (Lipinski definition) is 5. The highest BCUT2D eigenvalue weighted by molar-refractivity contribution is 7.14. The van der Waals surface area contributed by atoms with Crippen molar-refractivity contribution in [3.63, 3.8) is 0 Å². The van der Waals surface area contributed by atoms with E-state index in [1.165, 1.54) is 11.3 Å². The van der Waals surface area contributed by atoms with Gasteiger partial charge in [-0.2, -0.15) is 0 Å². The van der Waals surface area contributed by atoms with E-state index in [-0.39, 0.29) is 17.7 Å². The second kappa shape index (κ2) is 7.55. The second-order valence-corrected chi connectivity index (χ2v) is 6.68. The fraction of sp³-hybridized carbons (Fsp3) is 0.353. The number of nitrogens with zero attached hydrogens (tertiary/aromatic N) is 1. The second-order valence-electron chi connectivity index (χ2n) is 5.82. The molecule has 0 spiro atoms. The highest BCUT2D eigenvalue weighted by Gasteiger charge is 2.29. The molecule has 0 aliphatic heterocycles. The van der Waals surface area contributed by atoms with Gasteiger partial charge in [0, 0.05) is 29.0 Å². The maximum atomic E-state index is 11.7. The Kier molecular flexibility index (Phi) is 5.22. The summed E-state index contributed by atoms with van der Waals surface area (Å²) in [5.41, 5.74) is 7.93. The molecular formula is C17H20N4O2S. The van der Waals surface area contributed by atoms with E-state index in [1.54, 1.807) is 0 Å². The number of hydrogen-bond donors (Lipinski definition) is 3.